The van der Waals surface area contributed by atoms with Crippen LogP contribution in [0.15, 0.2) is 36.4 Å². The van der Waals surface area contributed by atoms with Crippen LogP contribution in [0.1, 0.15) is 17.2 Å². The van der Waals surface area contributed by atoms with Gasteiger partial charge in [-0.05, 0) is 29.8 Å². The molecule has 0 radical (unpaired) electrons. The number of nitrogens with two attached hydrogens (primary N) is 1. The second-order valence-corrected chi connectivity index (χ2v) is 6.12. The molecule has 0 heterocycles. The number of benzene rings is 2. The third-order valence-corrected chi connectivity index (χ3v) is 4.13. The zero-order chi connectivity index (χ0) is 15.4. The maximum Gasteiger partial charge on any atom is 0.0966 e. The quantitative estimate of drug-likeness (QED) is 0.758. The molecule has 1 unspecified atom stereocenters. The maximum atomic E-state index is 6.17. The van der Waals surface area contributed by atoms with E-state index >= 15 is 0 Å². The zero-order valence-electron chi connectivity index (χ0n) is 11.0. The number of halogens is 4. The summed E-state index contributed by atoms with van der Waals surface area (Å²) in [5.41, 5.74) is 7.40. The Hall–Kier alpha value is -0.480. The molecule has 1 atom stereocenters. The van der Waals surface area contributed by atoms with Crippen LogP contribution in [0.2, 0.25) is 20.1 Å². The van der Waals surface area contributed by atoms with Gasteiger partial charge in [-0.1, -0.05) is 58.5 Å². The Labute approximate surface area is 143 Å². The minimum absolute atomic E-state index is 0.298. The highest BCUT2D eigenvalue weighted by atomic mass is 35.5. The van der Waals surface area contributed by atoms with Gasteiger partial charge >= 0.3 is 0 Å². The van der Waals surface area contributed by atoms with Gasteiger partial charge in [0.05, 0.1) is 12.7 Å². The van der Waals surface area contributed by atoms with E-state index in [0.717, 1.165) is 11.1 Å². The van der Waals surface area contributed by atoms with Crippen LogP contribution < -0.4 is 5.73 Å². The van der Waals surface area contributed by atoms with Gasteiger partial charge in [0, 0.05) is 32.2 Å². The molecule has 21 heavy (non-hydrogen) atoms. The van der Waals surface area contributed by atoms with Gasteiger partial charge in [0.15, 0.2) is 0 Å². The fourth-order valence-corrected chi connectivity index (χ4v) is 2.87. The molecule has 0 spiro atoms. The minimum atomic E-state index is -0.332. The lowest BCUT2D eigenvalue weighted by molar-refractivity contribution is 0.0457. The standard InChI is InChI=1S/C15H13Cl4NO/c16-10-2-1-9(13(18)5-10)8-21-15(7-20)12-4-3-11(17)6-14(12)19/h1-6,15H,7-8,20H2. The van der Waals surface area contributed by atoms with Gasteiger partial charge in [0.2, 0.25) is 0 Å². The van der Waals surface area contributed by atoms with E-state index in [4.69, 9.17) is 56.9 Å². The van der Waals surface area contributed by atoms with Crippen molar-refractivity contribution in [2.75, 3.05) is 6.54 Å². The van der Waals surface area contributed by atoms with Crippen molar-refractivity contribution in [1.82, 2.24) is 0 Å². The van der Waals surface area contributed by atoms with Crippen molar-refractivity contribution < 1.29 is 4.74 Å². The van der Waals surface area contributed by atoms with Gasteiger partial charge in [-0.3, -0.25) is 0 Å². The predicted octanol–water partition coefficient (Wildman–Crippen LogP) is 5.52. The summed E-state index contributed by atoms with van der Waals surface area (Å²) in [4.78, 5) is 0. The van der Waals surface area contributed by atoms with E-state index in [0.29, 0.717) is 33.2 Å². The van der Waals surface area contributed by atoms with Crippen LogP contribution in [-0.4, -0.2) is 6.54 Å². The Bertz CT molecular complexity index is 633. The molecule has 0 aromatic heterocycles. The molecule has 0 bridgehead atoms. The van der Waals surface area contributed by atoms with Crippen molar-refractivity contribution in [1.29, 1.82) is 0 Å². The van der Waals surface area contributed by atoms with Crippen molar-refractivity contribution in [2.24, 2.45) is 5.73 Å². The van der Waals surface area contributed by atoms with Gasteiger partial charge in [-0.25, -0.2) is 0 Å². The topological polar surface area (TPSA) is 35.2 Å². The average Bonchev–Trinajstić information content (AvgIpc) is 2.43. The van der Waals surface area contributed by atoms with E-state index in [2.05, 4.69) is 0 Å². The molecule has 0 aliphatic carbocycles. The highest BCUT2D eigenvalue weighted by Crippen LogP contribution is 2.29. The second-order valence-electron chi connectivity index (χ2n) is 4.44. The van der Waals surface area contributed by atoms with Crippen LogP contribution in [0, 0.1) is 0 Å². The molecule has 2 rings (SSSR count). The molecule has 2 aromatic rings. The van der Waals surface area contributed by atoms with Gasteiger partial charge in [-0.15, -0.1) is 0 Å². The summed E-state index contributed by atoms with van der Waals surface area (Å²) >= 11 is 24.0. The first-order valence-corrected chi connectivity index (χ1v) is 7.73. The van der Waals surface area contributed by atoms with E-state index in [9.17, 15) is 0 Å². The summed E-state index contributed by atoms with van der Waals surface area (Å²) in [5.74, 6) is 0. The molecule has 2 nitrogen and oxygen atoms in total. The van der Waals surface area contributed by atoms with Crippen molar-refractivity contribution in [3.05, 3.63) is 67.6 Å². The van der Waals surface area contributed by atoms with E-state index in [1.165, 1.54) is 0 Å². The molecule has 0 fully saturated rings. The van der Waals surface area contributed by atoms with Gasteiger partial charge in [0.1, 0.15) is 0 Å². The third kappa shape index (κ3) is 4.49. The van der Waals surface area contributed by atoms with Crippen LogP contribution in [0.4, 0.5) is 0 Å². The van der Waals surface area contributed by atoms with E-state index in [-0.39, 0.29) is 6.10 Å². The second kappa shape index (κ2) is 7.68. The number of hydrogen-bond acceptors (Lipinski definition) is 2. The molecule has 6 heteroatoms. The van der Waals surface area contributed by atoms with Crippen LogP contribution >= 0.6 is 46.4 Å². The number of ether oxygens (including phenoxy) is 1. The van der Waals surface area contributed by atoms with Crippen LogP contribution in [0.5, 0.6) is 0 Å². The fourth-order valence-electron chi connectivity index (χ4n) is 1.88. The summed E-state index contributed by atoms with van der Waals surface area (Å²) in [6.45, 7) is 0.614. The van der Waals surface area contributed by atoms with Crippen molar-refractivity contribution >= 4 is 46.4 Å². The highest BCUT2D eigenvalue weighted by molar-refractivity contribution is 6.35. The Morgan fingerprint density at radius 2 is 1.52 bits per heavy atom. The smallest absolute Gasteiger partial charge is 0.0966 e. The Balaban J connectivity index is 2.12. The lowest BCUT2D eigenvalue weighted by Crippen LogP contribution is -2.16. The summed E-state index contributed by atoms with van der Waals surface area (Å²) in [5, 5.41) is 2.24. The molecule has 2 aromatic carbocycles. The molecule has 0 aliphatic heterocycles. The lowest BCUT2D eigenvalue weighted by Gasteiger charge is -2.18. The maximum absolute atomic E-state index is 6.17. The molecule has 0 aliphatic rings. The third-order valence-electron chi connectivity index (χ3n) is 2.98. The van der Waals surface area contributed by atoms with Gasteiger partial charge < -0.3 is 10.5 Å². The first-order chi connectivity index (χ1) is 10.0. The van der Waals surface area contributed by atoms with Gasteiger partial charge in [0.25, 0.3) is 0 Å². The first kappa shape index (κ1) is 16.9. The monoisotopic (exact) mass is 363 g/mol. The fraction of sp³-hybridized carbons (Fsp3) is 0.200. The molecule has 0 saturated carbocycles. The summed E-state index contributed by atoms with van der Waals surface area (Å²) in [7, 11) is 0. The predicted molar refractivity (Wildman–Crippen MR) is 89.5 cm³/mol. The van der Waals surface area contributed by atoms with Crippen LogP contribution in [-0.2, 0) is 11.3 Å². The van der Waals surface area contributed by atoms with Gasteiger partial charge in [-0.2, -0.15) is 0 Å². The molecular formula is C15H13Cl4NO. The summed E-state index contributed by atoms with van der Waals surface area (Å²) in [6.07, 6.45) is -0.332. The summed E-state index contributed by atoms with van der Waals surface area (Å²) < 4.78 is 5.82. The molecule has 2 N–H and O–H groups in total. The Morgan fingerprint density at radius 3 is 2.10 bits per heavy atom. The van der Waals surface area contributed by atoms with Crippen molar-refractivity contribution in [3.63, 3.8) is 0 Å². The molecule has 0 saturated heterocycles. The van der Waals surface area contributed by atoms with Crippen molar-refractivity contribution in [2.45, 2.75) is 12.7 Å². The largest absolute Gasteiger partial charge is 0.367 e. The minimum Gasteiger partial charge on any atom is -0.367 e. The average molecular weight is 365 g/mol. The van der Waals surface area contributed by atoms with E-state index in [1.807, 2.05) is 12.1 Å². The normalized spacial score (nSPS) is 12.4. The Morgan fingerprint density at radius 1 is 0.905 bits per heavy atom. The molecule has 0 amide bonds. The zero-order valence-corrected chi connectivity index (χ0v) is 14.0. The first-order valence-electron chi connectivity index (χ1n) is 6.22. The van der Waals surface area contributed by atoms with Crippen LogP contribution in [0.25, 0.3) is 0 Å². The molecular weight excluding hydrogens is 352 g/mol. The van der Waals surface area contributed by atoms with E-state index in [1.54, 1.807) is 24.3 Å². The summed E-state index contributed by atoms with van der Waals surface area (Å²) in [6, 6.07) is 10.5. The lowest BCUT2D eigenvalue weighted by atomic mass is 10.1. The highest BCUT2D eigenvalue weighted by Gasteiger charge is 2.15. The van der Waals surface area contributed by atoms with Crippen molar-refractivity contribution in [3.8, 4) is 0 Å². The number of rotatable bonds is 5. The Kier molecular flexibility index (Phi) is 6.18. The number of hydrogen-bond donors (Lipinski definition) is 1. The molecule has 112 valence electrons. The van der Waals surface area contributed by atoms with E-state index < -0.39 is 0 Å². The van der Waals surface area contributed by atoms with Crippen LogP contribution in [0.3, 0.4) is 0 Å². The SMILES string of the molecule is NCC(OCc1ccc(Cl)cc1Cl)c1ccc(Cl)cc1Cl.